The molecule has 1 heterocycles. The van der Waals surface area contributed by atoms with Gasteiger partial charge in [0.1, 0.15) is 9.84 Å². The normalized spacial score (nSPS) is 24.5. The van der Waals surface area contributed by atoms with Crippen molar-refractivity contribution in [1.29, 1.82) is 0 Å². The van der Waals surface area contributed by atoms with Crippen LogP contribution < -0.4 is 5.32 Å². The van der Waals surface area contributed by atoms with E-state index < -0.39 is 9.84 Å². The summed E-state index contributed by atoms with van der Waals surface area (Å²) in [5, 5.41) is 3.21. The summed E-state index contributed by atoms with van der Waals surface area (Å²) in [5.74, 6) is 0.128. The second kappa shape index (κ2) is 4.93. The van der Waals surface area contributed by atoms with Gasteiger partial charge in [0.25, 0.3) is 0 Å². The van der Waals surface area contributed by atoms with Crippen molar-refractivity contribution in [1.82, 2.24) is 5.32 Å². The molecular weight excluding hydrogens is 190 g/mol. The van der Waals surface area contributed by atoms with E-state index in [1.807, 2.05) is 0 Å². The molecule has 1 saturated heterocycles. The molecule has 0 aromatic heterocycles. The number of hydrogen-bond donors (Lipinski definition) is 1. The number of ether oxygens (including phenoxy) is 1. The van der Waals surface area contributed by atoms with Gasteiger partial charge in [-0.1, -0.05) is 0 Å². The highest BCUT2D eigenvalue weighted by molar-refractivity contribution is 7.90. The van der Waals surface area contributed by atoms with E-state index in [4.69, 9.17) is 4.74 Å². The van der Waals surface area contributed by atoms with Crippen molar-refractivity contribution in [3.05, 3.63) is 0 Å². The summed E-state index contributed by atoms with van der Waals surface area (Å²) >= 11 is 0. The van der Waals surface area contributed by atoms with Gasteiger partial charge in [-0.3, -0.25) is 0 Å². The van der Waals surface area contributed by atoms with Crippen molar-refractivity contribution in [3.8, 4) is 0 Å². The van der Waals surface area contributed by atoms with Gasteiger partial charge in [-0.15, -0.1) is 0 Å². The summed E-state index contributed by atoms with van der Waals surface area (Å²) in [5.41, 5.74) is 0. The average molecular weight is 207 g/mol. The Morgan fingerprint density at radius 3 is 2.85 bits per heavy atom. The first-order chi connectivity index (χ1) is 6.08. The van der Waals surface area contributed by atoms with E-state index in [0.717, 1.165) is 25.9 Å². The first kappa shape index (κ1) is 10.9. The molecule has 0 aromatic carbocycles. The molecule has 4 nitrogen and oxygen atoms in total. The van der Waals surface area contributed by atoms with Crippen LogP contribution in [0.5, 0.6) is 0 Å². The number of piperidine rings is 1. The largest absolute Gasteiger partial charge is 0.376 e. The van der Waals surface area contributed by atoms with Crippen molar-refractivity contribution in [2.75, 3.05) is 31.7 Å². The smallest absolute Gasteiger partial charge is 0.149 e. The van der Waals surface area contributed by atoms with Gasteiger partial charge in [0.2, 0.25) is 0 Å². The summed E-state index contributed by atoms with van der Waals surface area (Å²) in [6.07, 6.45) is 3.59. The highest BCUT2D eigenvalue weighted by Crippen LogP contribution is 2.05. The molecule has 1 atom stereocenters. The topological polar surface area (TPSA) is 55.4 Å². The van der Waals surface area contributed by atoms with Crippen LogP contribution in [0.4, 0.5) is 0 Å². The molecule has 1 unspecified atom stereocenters. The van der Waals surface area contributed by atoms with Crippen molar-refractivity contribution in [3.63, 3.8) is 0 Å². The molecule has 1 N–H and O–H groups in total. The average Bonchev–Trinajstić information content (AvgIpc) is 2.04. The van der Waals surface area contributed by atoms with Crippen LogP contribution in [0, 0.1) is 0 Å². The summed E-state index contributed by atoms with van der Waals surface area (Å²) in [6, 6.07) is 0. The quantitative estimate of drug-likeness (QED) is 0.693. The number of nitrogens with one attached hydrogen (secondary N) is 1. The third kappa shape index (κ3) is 5.23. The summed E-state index contributed by atoms with van der Waals surface area (Å²) in [4.78, 5) is 0. The molecule has 0 aromatic rings. The Hall–Kier alpha value is -0.130. The second-order valence-electron chi connectivity index (χ2n) is 3.47. The Balaban J connectivity index is 2.11. The van der Waals surface area contributed by atoms with Gasteiger partial charge in [0, 0.05) is 12.8 Å². The van der Waals surface area contributed by atoms with Crippen LogP contribution in [0.15, 0.2) is 0 Å². The minimum atomic E-state index is -2.87. The van der Waals surface area contributed by atoms with Crippen LogP contribution in [-0.2, 0) is 14.6 Å². The molecule has 78 valence electrons. The molecule has 0 spiro atoms. The molecule has 0 amide bonds. The van der Waals surface area contributed by atoms with Crippen molar-refractivity contribution >= 4 is 9.84 Å². The SMILES string of the molecule is CS(=O)(=O)CCOC1CCCNC1. The Bertz CT molecular complexity index is 232. The molecule has 1 fully saturated rings. The first-order valence-electron chi connectivity index (χ1n) is 4.58. The van der Waals surface area contributed by atoms with Gasteiger partial charge in [0.05, 0.1) is 18.5 Å². The second-order valence-corrected chi connectivity index (χ2v) is 5.73. The predicted octanol–water partition coefficient (Wildman–Crippen LogP) is -0.200. The van der Waals surface area contributed by atoms with Gasteiger partial charge < -0.3 is 10.1 Å². The zero-order valence-electron chi connectivity index (χ0n) is 7.95. The number of hydrogen-bond acceptors (Lipinski definition) is 4. The fourth-order valence-corrected chi connectivity index (χ4v) is 1.73. The molecule has 0 bridgehead atoms. The third-order valence-electron chi connectivity index (χ3n) is 2.06. The number of sulfone groups is 1. The highest BCUT2D eigenvalue weighted by Gasteiger charge is 2.13. The Morgan fingerprint density at radius 1 is 1.54 bits per heavy atom. The van der Waals surface area contributed by atoms with Crippen LogP contribution in [0.2, 0.25) is 0 Å². The van der Waals surface area contributed by atoms with Gasteiger partial charge in [-0.25, -0.2) is 8.42 Å². The molecule has 5 heteroatoms. The van der Waals surface area contributed by atoms with E-state index >= 15 is 0 Å². The highest BCUT2D eigenvalue weighted by atomic mass is 32.2. The van der Waals surface area contributed by atoms with Gasteiger partial charge >= 0.3 is 0 Å². The lowest BCUT2D eigenvalue weighted by Crippen LogP contribution is -2.36. The van der Waals surface area contributed by atoms with Crippen LogP contribution in [-0.4, -0.2) is 46.2 Å². The number of rotatable bonds is 4. The Morgan fingerprint density at radius 2 is 2.31 bits per heavy atom. The van der Waals surface area contributed by atoms with Crippen LogP contribution >= 0.6 is 0 Å². The van der Waals surface area contributed by atoms with Gasteiger partial charge in [-0.05, 0) is 19.4 Å². The zero-order valence-corrected chi connectivity index (χ0v) is 8.77. The summed E-state index contributed by atoms with van der Waals surface area (Å²) in [7, 11) is -2.87. The molecule has 1 aliphatic heterocycles. The molecule has 0 saturated carbocycles. The molecule has 0 radical (unpaired) electrons. The fraction of sp³-hybridized carbons (Fsp3) is 1.00. The maximum atomic E-state index is 10.8. The van der Waals surface area contributed by atoms with Gasteiger partial charge in [-0.2, -0.15) is 0 Å². The van der Waals surface area contributed by atoms with Crippen molar-refractivity contribution < 1.29 is 13.2 Å². The predicted molar refractivity (Wildman–Crippen MR) is 51.6 cm³/mol. The van der Waals surface area contributed by atoms with E-state index in [1.54, 1.807) is 0 Å². The van der Waals surface area contributed by atoms with E-state index in [-0.39, 0.29) is 11.9 Å². The summed E-state index contributed by atoms with van der Waals surface area (Å²) in [6.45, 7) is 2.22. The lowest BCUT2D eigenvalue weighted by Gasteiger charge is -2.22. The van der Waals surface area contributed by atoms with Crippen LogP contribution in [0.3, 0.4) is 0 Å². The minimum absolute atomic E-state index is 0.128. The molecule has 0 aliphatic carbocycles. The van der Waals surface area contributed by atoms with Crippen LogP contribution in [0.1, 0.15) is 12.8 Å². The van der Waals surface area contributed by atoms with Gasteiger partial charge in [0.15, 0.2) is 0 Å². The Labute approximate surface area is 79.6 Å². The zero-order chi connectivity index (χ0) is 9.73. The van der Waals surface area contributed by atoms with E-state index in [1.165, 1.54) is 6.26 Å². The monoisotopic (exact) mass is 207 g/mol. The molecular formula is C8H17NO3S. The maximum absolute atomic E-state index is 10.8. The Kier molecular flexibility index (Phi) is 4.15. The van der Waals surface area contributed by atoms with E-state index in [9.17, 15) is 8.42 Å². The van der Waals surface area contributed by atoms with Crippen molar-refractivity contribution in [2.24, 2.45) is 0 Å². The maximum Gasteiger partial charge on any atom is 0.149 e. The lowest BCUT2D eigenvalue weighted by molar-refractivity contribution is 0.0469. The molecule has 1 rings (SSSR count). The van der Waals surface area contributed by atoms with Crippen molar-refractivity contribution in [2.45, 2.75) is 18.9 Å². The standard InChI is InChI=1S/C8H17NO3S/c1-13(10,11)6-5-12-8-3-2-4-9-7-8/h8-9H,2-7H2,1H3. The third-order valence-corrected chi connectivity index (χ3v) is 2.97. The fourth-order valence-electron chi connectivity index (χ4n) is 1.33. The molecule has 1 aliphatic rings. The lowest BCUT2D eigenvalue weighted by atomic mass is 10.1. The first-order valence-corrected chi connectivity index (χ1v) is 6.64. The van der Waals surface area contributed by atoms with E-state index in [2.05, 4.69) is 5.32 Å². The minimum Gasteiger partial charge on any atom is -0.376 e. The summed E-state index contributed by atoms with van der Waals surface area (Å²) < 4.78 is 27.0. The van der Waals surface area contributed by atoms with Crippen LogP contribution in [0.25, 0.3) is 0 Å². The molecule has 13 heavy (non-hydrogen) atoms. The van der Waals surface area contributed by atoms with E-state index in [0.29, 0.717) is 6.61 Å².